The number of aryl methyl sites for hydroxylation is 1. The zero-order chi connectivity index (χ0) is 14.1. The highest BCUT2D eigenvalue weighted by Crippen LogP contribution is 2.46. The van der Waals surface area contributed by atoms with Crippen LogP contribution in [0.4, 0.5) is 5.69 Å². The molecule has 0 fully saturated rings. The Kier molecular flexibility index (Phi) is 2.06. The first-order valence-corrected chi connectivity index (χ1v) is 7.08. The van der Waals surface area contributed by atoms with Crippen LogP contribution in [0.2, 0.25) is 0 Å². The second-order valence-corrected chi connectivity index (χ2v) is 6.25. The van der Waals surface area contributed by atoms with Gasteiger partial charge < -0.3 is 4.57 Å². The van der Waals surface area contributed by atoms with Crippen molar-refractivity contribution in [2.24, 2.45) is 12.0 Å². The Morgan fingerprint density at radius 1 is 1.00 bits per heavy atom. The van der Waals surface area contributed by atoms with Crippen molar-refractivity contribution in [1.29, 1.82) is 0 Å². The number of para-hydroxylation sites is 1. The molecule has 0 saturated heterocycles. The van der Waals surface area contributed by atoms with Gasteiger partial charge in [-0.25, -0.2) is 0 Å². The van der Waals surface area contributed by atoms with Crippen LogP contribution < -0.4 is 0 Å². The van der Waals surface area contributed by atoms with Crippen LogP contribution in [0.1, 0.15) is 26.3 Å². The fraction of sp³-hybridized carbons (Fsp3) is 0.278. The molecule has 1 aliphatic heterocycles. The molecule has 4 rings (SSSR count). The average molecular weight is 262 g/mol. The molecule has 1 aromatic heterocycles. The van der Waals surface area contributed by atoms with Gasteiger partial charge in [-0.1, -0.05) is 32.0 Å². The molecule has 0 radical (unpaired) electrons. The van der Waals surface area contributed by atoms with E-state index < -0.39 is 0 Å². The Morgan fingerprint density at radius 3 is 2.55 bits per heavy atom. The summed E-state index contributed by atoms with van der Waals surface area (Å²) in [7, 11) is 2.15. The van der Waals surface area contributed by atoms with Crippen molar-refractivity contribution in [3.63, 3.8) is 0 Å². The van der Waals surface area contributed by atoms with E-state index in [1.807, 2.05) is 0 Å². The Labute approximate surface area is 118 Å². The lowest BCUT2D eigenvalue weighted by Gasteiger charge is -2.21. The Balaban J connectivity index is 2.28. The summed E-state index contributed by atoms with van der Waals surface area (Å²) in [5.74, 6) is 0. The molecule has 2 heteroatoms. The smallest absolute Gasteiger partial charge is 0.0678 e. The zero-order valence-corrected chi connectivity index (χ0v) is 12.4. The third-order valence-corrected chi connectivity index (χ3v) is 4.88. The van der Waals surface area contributed by atoms with Crippen molar-refractivity contribution in [3.8, 4) is 0 Å². The quantitative estimate of drug-likeness (QED) is 0.558. The molecule has 0 spiro atoms. The predicted molar refractivity (Wildman–Crippen MR) is 86.2 cm³/mol. The van der Waals surface area contributed by atoms with Crippen molar-refractivity contribution in [2.45, 2.75) is 26.2 Å². The molecule has 1 aliphatic rings. The molecular weight excluding hydrogens is 244 g/mol. The molecule has 2 nitrogen and oxygen atoms in total. The molecule has 0 saturated carbocycles. The zero-order valence-electron chi connectivity index (χ0n) is 12.4. The van der Waals surface area contributed by atoms with Crippen molar-refractivity contribution in [1.82, 2.24) is 4.57 Å². The minimum absolute atomic E-state index is 0.0129. The van der Waals surface area contributed by atoms with Crippen LogP contribution in [0.3, 0.4) is 0 Å². The minimum atomic E-state index is 0.0129. The van der Waals surface area contributed by atoms with Gasteiger partial charge in [-0.05, 0) is 30.7 Å². The third-order valence-electron chi connectivity index (χ3n) is 4.88. The predicted octanol–water partition coefficient (Wildman–Crippen LogP) is 4.72. The number of aliphatic imine (C=N–C) groups is 1. The highest BCUT2D eigenvalue weighted by Gasteiger charge is 2.35. The molecule has 0 amide bonds. The second kappa shape index (κ2) is 3.51. The second-order valence-electron chi connectivity index (χ2n) is 6.25. The van der Waals surface area contributed by atoms with Crippen LogP contribution in [0.15, 0.2) is 41.4 Å². The van der Waals surface area contributed by atoms with Gasteiger partial charge in [-0.3, -0.25) is 4.99 Å². The maximum Gasteiger partial charge on any atom is 0.0678 e. The largest absolute Gasteiger partial charge is 0.344 e. The highest BCUT2D eigenvalue weighted by molar-refractivity contribution is 6.15. The molecule has 100 valence electrons. The third kappa shape index (κ3) is 1.22. The van der Waals surface area contributed by atoms with Crippen molar-refractivity contribution < 1.29 is 0 Å². The van der Waals surface area contributed by atoms with Crippen molar-refractivity contribution in [3.05, 3.63) is 42.0 Å². The lowest BCUT2D eigenvalue weighted by Crippen LogP contribution is -2.22. The van der Waals surface area contributed by atoms with E-state index in [-0.39, 0.29) is 5.41 Å². The van der Waals surface area contributed by atoms with Crippen molar-refractivity contribution >= 4 is 33.2 Å². The topological polar surface area (TPSA) is 17.3 Å². The summed E-state index contributed by atoms with van der Waals surface area (Å²) in [6.45, 7) is 6.69. The summed E-state index contributed by atoms with van der Waals surface area (Å²) >= 11 is 0. The summed E-state index contributed by atoms with van der Waals surface area (Å²) in [6, 6.07) is 13.0. The van der Waals surface area contributed by atoms with Crippen LogP contribution in [0.25, 0.3) is 21.8 Å². The van der Waals surface area contributed by atoms with Gasteiger partial charge in [0.05, 0.1) is 5.69 Å². The number of hydrogen-bond donors (Lipinski definition) is 0. The van der Waals surface area contributed by atoms with E-state index >= 15 is 0 Å². The summed E-state index contributed by atoms with van der Waals surface area (Å²) < 4.78 is 2.29. The summed E-state index contributed by atoms with van der Waals surface area (Å²) in [4.78, 5) is 4.78. The Morgan fingerprint density at radius 2 is 1.75 bits per heavy atom. The summed E-state index contributed by atoms with van der Waals surface area (Å²) in [5, 5.41) is 2.70. The molecule has 2 aromatic carbocycles. The molecule has 0 unspecified atom stereocenters. The lowest BCUT2D eigenvalue weighted by atomic mass is 9.80. The van der Waals surface area contributed by atoms with Crippen LogP contribution in [-0.4, -0.2) is 10.3 Å². The molecular formula is C18H18N2. The van der Waals surface area contributed by atoms with E-state index in [2.05, 4.69) is 68.8 Å². The first-order chi connectivity index (χ1) is 9.51. The molecule has 0 bridgehead atoms. The number of hydrogen-bond acceptors (Lipinski definition) is 1. The molecule has 20 heavy (non-hydrogen) atoms. The molecule has 0 aliphatic carbocycles. The maximum atomic E-state index is 4.78. The van der Waals surface area contributed by atoms with E-state index in [1.54, 1.807) is 0 Å². The maximum absolute atomic E-state index is 4.78. The van der Waals surface area contributed by atoms with E-state index in [9.17, 15) is 0 Å². The Hall–Kier alpha value is -2.09. The van der Waals surface area contributed by atoms with Crippen LogP contribution in [-0.2, 0) is 12.5 Å². The van der Waals surface area contributed by atoms with Crippen LogP contribution >= 0.6 is 0 Å². The number of benzene rings is 2. The molecule has 2 heterocycles. The monoisotopic (exact) mass is 262 g/mol. The SMILES string of the molecule is CC1=Nc2ccc3c(c2C1(C)C)c1ccccc1n3C. The van der Waals surface area contributed by atoms with E-state index in [0.29, 0.717) is 0 Å². The standard InChI is InChI=1S/C18H18N2/c1-11-18(2,3)17-13(19-11)9-10-15-16(17)12-7-5-6-8-14(12)20(15)4/h5-10H,1-4H3. The lowest BCUT2D eigenvalue weighted by molar-refractivity contribution is 0.740. The molecule has 0 N–H and O–H groups in total. The van der Waals surface area contributed by atoms with Gasteiger partial charge in [0.1, 0.15) is 0 Å². The van der Waals surface area contributed by atoms with Crippen LogP contribution in [0, 0.1) is 0 Å². The van der Waals surface area contributed by atoms with Gasteiger partial charge >= 0.3 is 0 Å². The normalized spacial score (nSPS) is 16.7. The summed E-state index contributed by atoms with van der Waals surface area (Å²) in [6.07, 6.45) is 0. The van der Waals surface area contributed by atoms with Crippen LogP contribution in [0.5, 0.6) is 0 Å². The van der Waals surface area contributed by atoms with Gasteiger partial charge in [0.2, 0.25) is 0 Å². The van der Waals surface area contributed by atoms with E-state index in [0.717, 1.165) is 5.69 Å². The van der Waals surface area contributed by atoms with Gasteiger partial charge in [0, 0.05) is 40.0 Å². The Bertz CT molecular complexity index is 895. The fourth-order valence-corrected chi connectivity index (χ4v) is 3.47. The minimum Gasteiger partial charge on any atom is -0.344 e. The van der Waals surface area contributed by atoms with Gasteiger partial charge in [0.25, 0.3) is 0 Å². The number of nitrogens with zero attached hydrogens (tertiary/aromatic N) is 2. The van der Waals surface area contributed by atoms with E-state index in [1.165, 1.54) is 33.1 Å². The molecule has 0 atom stereocenters. The average Bonchev–Trinajstić information content (AvgIpc) is 2.84. The van der Waals surface area contributed by atoms with Gasteiger partial charge in [0.15, 0.2) is 0 Å². The van der Waals surface area contributed by atoms with Crippen molar-refractivity contribution in [2.75, 3.05) is 0 Å². The fourth-order valence-electron chi connectivity index (χ4n) is 3.47. The molecule has 3 aromatic rings. The van der Waals surface area contributed by atoms with E-state index in [4.69, 9.17) is 4.99 Å². The summed E-state index contributed by atoms with van der Waals surface area (Å²) in [5.41, 5.74) is 6.31. The number of rotatable bonds is 0. The number of aromatic nitrogens is 1. The van der Waals surface area contributed by atoms with Gasteiger partial charge in [-0.2, -0.15) is 0 Å². The van der Waals surface area contributed by atoms with Gasteiger partial charge in [-0.15, -0.1) is 0 Å². The highest BCUT2D eigenvalue weighted by atomic mass is 14.9. The number of fused-ring (bicyclic) bond motifs is 5. The first kappa shape index (κ1) is 11.7. The first-order valence-electron chi connectivity index (χ1n) is 7.08.